The van der Waals surface area contributed by atoms with E-state index in [2.05, 4.69) is 10.6 Å². The molecule has 0 aliphatic carbocycles. The average molecular weight is 347 g/mol. The number of nitro groups is 1. The van der Waals surface area contributed by atoms with Crippen molar-refractivity contribution < 1.29 is 19.2 Å². The predicted molar refractivity (Wildman–Crippen MR) is 90.9 cm³/mol. The van der Waals surface area contributed by atoms with Crippen LogP contribution in [-0.4, -0.2) is 22.1 Å². The first-order valence-corrected chi connectivity index (χ1v) is 7.89. The van der Waals surface area contributed by atoms with E-state index >= 15 is 0 Å². The quantitative estimate of drug-likeness (QED) is 0.525. The Morgan fingerprint density at radius 2 is 2.04 bits per heavy atom. The van der Waals surface area contributed by atoms with Crippen molar-refractivity contribution in [3.63, 3.8) is 0 Å². The molecule has 0 radical (unpaired) electrons. The van der Waals surface area contributed by atoms with E-state index in [0.717, 1.165) is 0 Å². The van der Waals surface area contributed by atoms with Crippen LogP contribution in [0.2, 0.25) is 0 Å². The van der Waals surface area contributed by atoms with Crippen molar-refractivity contribution in [3.05, 3.63) is 64.1 Å². The van der Waals surface area contributed by atoms with Gasteiger partial charge in [0, 0.05) is 24.6 Å². The molecule has 1 aromatic heterocycles. The first kappa shape index (κ1) is 18.5. The molecule has 2 rings (SSSR count). The largest absolute Gasteiger partial charge is 0.467 e. The number of urea groups is 1. The molecule has 134 valence electrons. The molecular weight excluding hydrogens is 326 g/mol. The monoisotopic (exact) mass is 347 g/mol. The first-order chi connectivity index (χ1) is 11.9. The Morgan fingerprint density at radius 1 is 1.28 bits per heavy atom. The molecular formula is C17H21N3O5. The minimum atomic E-state index is -0.806. The van der Waals surface area contributed by atoms with Gasteiger partial charge in [-0.25, -0.2) is 4.79 Å². The number of nitrogens with one attached hydrogen (secondary N) is 2. The summed E-state index contributed by atoms with van der Waals surface area (Å²) in [6, 6.07) is 8.35. The highest BCUT2D eigenvalue weighted by molar-refractivity contribution is 5.74. The van der Waals surface area contributed by atoms with Gasteiger partial charge in [-0.05, 0) is 31.5 Å². The van der Waals surface area contributed by atoms with Crippen LogP contribution in [0.5, 0.6) is 0 Å². The molecule has 0 aliphatic heterocycles. The maximum absolute atomic E-state index is 12.1. The Bertz CT molecular complexity index is 717. The van der Waals surface area contributed by atoms with Crippen molar-refractivity contribution in [2.45, 2.75) is 38.5 Å². The van der Waals surface area contributed by atoms with Gasteiger partial charge in [0.2, 0.25) is 0 Å². The summed E-state index contributed by atoms with van der Waals surface area (Å²) in [6.07, 6.45) is 0.968. The number of aliphatic hydroxyl groups excluding tert-OH is 1. The van der Waals surface area contributed by atoms with E-state index in [0.29, 0.717) is 17.7 Å². The second kappa shape index (κ2) is 8.29. The third kappa shape index (κ3) is 5.32. The normalized spacial score (nSPS) is 14.4. The Balaban J connectivity index is 1.86. The Labute approximate surface area is 145 Å². The van der Waals surface area contributed by atoms with Gasteiger partial charge in [0.15, 0.2) is 0 Å². The molecule has 0 aliphatic rings. The average Bonchev–Trinajstić information content (AvgIpc) is 3.09. The number of hydrogen-bond acceptors (Lipinski definition) is 5. The molecule has 0 saturated carbocycles. The van der Waals surface area contributed by atoms with E-state index in [9.17, 15) is 20.0 Å². The number of carbonyl (C=O) groups is 1. The molecule has 8 nitrogen and oxygen atoms in total. The van der Waals surface area contributed by atoms with Crippen LogP contribution in [0.4, 0.5) is 10.5 Å². The third-order valence-corrected chi connectivity index (χ3v) is 3.75. The molecule has 0 fully saturated rings. The molecule has 8 heteroatoms. The van der Waals surface area contributed by atoms with Crippen molar-refractivity contribution >= 4 is 11.7 Å². The summed E-state index contributed by atoms with van der Waals surface area (Å²) in [6.45, 7) is 3.50. The molecule has 1 aromatic carbocycles. The van der Waals surface area contributed by atoms with Crippen LogP contribution in [0.3, 0.4) is 0 Å². The zero-order valence-corrected chi connectivity index (χ0v) is 14.0. The summed E-state index contributed by atoms with van der Waals surface area (Å²) in [7, 11) is 0. The number of amides is 2. The third-order valence-electron chi connectivity index (χ3n) is 3.75. The van der Waals surface area contributed by atoms with Gasteiger partial charge in [0.1, 0.15) is 11.9 Å². The molecule has 0 spiro atoms. The first-order valence-electron chi connectivity index (χ1n) is 7.89. The van der Waals surface area contributed by atoms with Gasteiger partial charge in [-0.3, -0.25) is 10.1 Å². The van der Waals surface area contributed by atoms with E-state index in [4.69, 9.17) is 4.42 Å². The van der Waals surface area contributed by atoms with Gasteiger partial charge in [0.25, 0.3) is 5.69 Å². The van der Waals surface area contributed by atoms with E-state index in [1.807, 2.05) is 0 Å². The fraction of sp³-hybridized carbons (Fsp3) is 0.353. The summed E-state index contributed by atoms with van der Waals surface area (Å²) in [5.74, 6) is 0.444. The van der Waals surface area contributed by atoms with Gasteiger partial charge in [0.05, 0.1) is 17.2 Å². The van der Waals surface area contributed by atoms with Crippen LogP contribution >= 0.6 is 0 Å². The van der Waals surface area contributed by atoms with E-state index in [1.165, 1.54) is 18.4 Å². The van der Waals surface area contributed by atoms with Crippen LogP contribution < -0.4 is 10.6 Å². The highest BCUT2D eigenvalue weighted by Crippen LogP contribution is 2.20. The van der Waals surface area contributed by atoms with Crippen LogP contribution in [0.1, 0.15) is 43.7 Å². The van der Waals surface area contributed by atoms with Crippen LogP contribution in [0.15, 0.2) is 47.1 Å². The van der Waals surface area contributed by atoms with Crippen molar-refractivity contribution in [2.24, 2.45) is 0 Å². The van der Waals surface area contributed by atoms with E-state index in [1.54, 1.807) is 38.1 Å². The molecule has 25 heavy (non-hydrogen) atoms. The minimum Gasteiger partial charge on any atom is -0.467 e. The summed E-state index contributed by atoms with van der Waals surface area (Å²) in [4.78, 5) is 22.4. The van der Waals surface area contributed by atoms with Gasteiger partial charge < -0.3 is 20.2 Å². The highest BCUT2D eigenvalue weighted by atomic mass is 16.6. The maximum Gasteiger partial charge on any atom is 0.315 e. The lowest BCUT2D eigenvalue weighted by molar-refractivity contribution is -0.384. The number of furan rings is 1. The van der Waals surface area contributed by atoms with Gasteiger partial charge >= 0.3 is 6.03 Å². The molecule has 0 unspecified atom stereocenters. The number of non-ortho nitro benzene ring substituents is 1. The minimum absolute atomic E-state index is 0.0264. The number of nitro benzene ring substituents is 1. The van der Waals surface area contributed by atoms with Gasteiger partial charge in [-0.15, -0.1) is 0 Å². The summed E-state index contributed by atoms with van der Waals surface area (Å²) in [5, 5.41) is 26.3. The van der Waals surface area contributed by atoms with Crippen molar-refractivity contribution in [2.75, 3.05) is 0 Å². The zero-order chi connectivity index (χ0) is 18.4. The fourth-order valence-electron chi connectivity index (χ4n) is 2.44. The Morgan fingerprint density at radius 3 is 2.68 bits per heavy atom. The summed E-state index contributed by atoms with van der Waals surface area (Å²) >= 11 is 0. The van der Waals surface area contributed by atoms with Gasteiger partial charge in [-0.1, -0.05) is 12.1 Å². The lowest BCUT2D eigenvalue weighted by Gasteiger charge is -2.20. The Kier molecular flexibility index (Phi) is 6.13. The molecule has 0 saturated heterocycles. The maximum atomic E-state index is 12.1. The SMILES string of the molecule is C[C@H](C[C@H](O)c1ccco1)NC(=O)N[C@@H](C)c1cccc([N+](=O)[O-])c1. The molecule has 0 bridgehead atoms. The summed E-state index contributed by atoms with van der Waals surface area (Å²) < 4.78 is 5.12. The van der Waals surface area contributed by atoms with Crippen LogP contribution in [0, 0.1) is 10.1 Å². The standard InChI is InChI=1S/C17H21N3O5/c1-11(9-15(21)16-7-4-8-25-16)18-17(22)19-12(2)13-5-3-6-14(10-13)20(23)24/h3-8,10-12,15,21H,9H2,1-2H3,(H2,18,19,22)/t11-,12+,15+/m1/s1. The highest BCUT2D eigenvalue weighted by Gasteiger charge is 2.18. The number of carbonyl (C=O) groups excluding carboxylic acids is 1. The van der Waals surface area contributed by atoms with Gasteiger partial charge in [-0.2, -0.15) is 0 Å². The number of rotatable bonds is 7. The van der Waals surface area contributed by atoms with Crippen molar-refractivity contribution in [1.29, 1.82) is 0 Å². The smallest absolute Gasteiger partial charge is 0.315 e. The van der Waals surface area contributed by atoms with Crippen LogP contribution in [-0.2, 0) is 0 Å². The fourth-order valence-corrected chi connectivity index (χ4v) is 2.44. The molecule has 3 atom stereocenters. The zero-order valence-electron chi connectivity index (χ0n) is 14.0. The summed E-state index contributed by atoms with van der Waals surface area (Å²) in [5.41, 5.74) is 0.606. The lowest BCUT2D eigenvalue weighted by atomic mass is 10.1. The topological polar surface area (TPSA) is 118 Å². The second-order valence-electron chi connectivity index (χ2n) is 5.86. The van der Waals surface area contributed by atoms with E-state index in [-0.39, 0.29) is 11.7 Å². The number of aliphatic hydroxyl groups is 1. The Hall–Kier alpha value is -2.87. The number of nitrogens with zero attached hydrogens (tertiary/aromatic N) is 1. The number of hydrogen-bond donors (Lipinski definition) is 3. The molecule has 3 N–H and O–H groups in total. The van der Waals surface area contributed by atoms with Crippen molar-refractivity contribution in [1.82, 2.24) is 10.6 Å². The molecule has 1 heterocycles. The van der Waals surface area contributed by atoms with Crippen molar-refractivity contribution in [3.8, 4) is 0 Å². The molecule has 2 amide bonds. The predicted octanol–water partition coefficient (Wildman–Crippen LogP) is 3.06. The lowest BCUT2D eigenvalue weighted by Crippen LogP contribution is -2.42. The van der Waals surface area contributed by atoms with E-state index < -0.39 is 23.1 Å². The molecule has 2 aromatic rings. The number of benzene rings is 1. The second-order valence-corrected chi connectivity index (χ2v) is 5.86. The van der Waals surface area contributed by atoms with Crippen LogP contribution in [0.25, 0.3) is 0 Å².